The predicted octanol–water partition coefficient (Wildman–Crippen LogP) is 2.95. The summed E-state index contributed by atoms with van der Waals surface area (Å²) in [5.41, 5.74) is 3.30. The van der Waals surface area contributed by atoms with Crippen molar-refractivity contribution in [1.29, 1.82) is 0 Å². The number of aromatic nitrogens is 2. The highest BCUT2D eigenvalue weighted by atomic mass is 16.7. The number of carbonyl (C=O) groups excluding carboxylic acids is 1. The van der Waals surface area contributed by atoms with Gasteiger partial charge in [-0.1, -0.05) is 24.3 Å². The summed E-state index contributed by atoms with van der Waals surface area (Å²) >= 11 is 0. The molecule has 0 aliphatic carbocycles. The van der Waals surface area contributed by atoms with Crippen LogP contribution in [0.2, 0.25) is 0 Å². The molecule has 0 aliphatic rings. The number of hydrogen-bond donors (Lipinski definition) is 2. The third-order valence-electron chi connectivity index (χ3n) is 4.50. The molecule has 0 saturated heterocycles. The number of ether oxygens (including phenoxy) is 1. The number of amides is 2. The minimum atomic E-state index is -1.08. The summed E-state index contributed by atoms with van der Waals surface area (Å²) in [6.45, 7) is 0.204. The van der Waals surface area contributed by atoms with Gasteiger partial charge in [0.15, 0.2) is 5.69 Å². The highest BCUT2D eigenvalue weighted by Crippen LogP contribution is 2.26. The maximum absolute atomic E-state index is 12.5. The van der Waals surface area contributed by atoms with Crippen molar-refractivity contribution in [2.45, 2.75) is 6.54 Å². The van der Waals surface area contributed by atoms with Gasteiger partial charge in [0.05, 0.1) is 25.6 Å². The zero-order valence-electron chi connectivity index (χ0n) is 16.8. The van der Waals surface area contributed by atoms with Gasteiger partial charge < -0.3 is 15.2 Å². The molecule has 2 aromatic carbocycles. The topological polar surface area (TPSA) is 106 Å². The summed E-state index contributed by atoms with van der Waals surface area (Å²) < 4.78 is 6.87. The van der Waals surface area contributed by atoms with Gasteiger partial charge in [0.25, 0.3) is 5.91 Å². The zero-order valence-corrected chi connectivity index (χ0v) is 16.8. The molecule has 0 bridgehead atoms. The van der Waals surface area contributed by atoms with Crippen molar-refractivity contribution >= 4 is 12.0 Å². The summed E-state index contributed by atoms with van der Waals surface area (Å²) in [4.78, 5) is 28.2. The molecule has 9 nitrogen and oxygen atoms in total. The van der Waals surface area contributed by atoms with E-state index in [-0.39, 0.29) is 18.1 Å². The Kier molecular flexibility index (Phi) is 6.33. The van der Waals surface area contributed by atoms with E-state index in [1.54, 1.807) is 17.9 Å². The van der Waals surface area contributed by atoms with Gasteiger partial charge in [0.2, 0.25) is 0 Å². The number of carboxylic acid groups (broad SMARTS) is 1. The standard InChI is InChI=1S/C21H22N4O5/c1-24(30-3)20(26)18-12-19(15-6-4-14(5-7-15)13-22-21(27)28)25(23-18)16-8-10-17(29-2)11-9-16/h4-12,22H,13H2,1-3H3,(H,27,28). The second kappa shape index (κ2) is 9.10. The number of rotatable bonds is 7. The van der Waals surface area contributed by atoms with Crippen molar-refractivity contribution in [3.63, 3.8) is 0 Å². The zero-order chi connectivity index (χ0) is 21.7. The lowest BCUT2D eigenvalue weighted by atomic mass is 10.1. The number of carbonyl (C=O) groups is 2. The van der Waals surface area contributed by atoms with E-state index < -0.39 is 6.09 Å². The first-order chi connectivity index (χ1) is 14.4. The molecule has 1 aromatic heterocycles. The highest BCUT2D eigenvalue weighted by molar-refractivity contribution is 5.92. The maximum atomic E-state index is 12.5. The van der Waals surface area contributed by atoms with E-state index in [9.17, 15) is 9.59 Å². The summed E-state index contributed by atoms with van der Waals surface area (Å²) in [6, 6.07) is 16.3. The van der Waals surface area contributed by atoms with Gasteiger partial charge in [0, 0.05) is 19.2 Å². The fourth-order valence-corrected chi connectivity index (χ4v) is 2.83. The van der Waals surface area contributed by atoms with Crippen LogP contribution >= 0.6 is 0 Å². The van der Waals surface area contributed by atoms with Crippen molar-refractivity contribution in [3.8, 4) is 22.7 Å². The average molecular weight is 410 g/mol. The lowest BCUT2D eigenvalue weighted by Crippen LogP contribution is -2.25. The first-order valence-corrected chi connectivity index (χ1v) is 9.05. The SMILES string of the molecule is COc1ccc(-n2nc(C(=O)N(C)OC)cc2-c2ccc(CNC(=O)O)cc2)cc1. The van der Waals surface area contributed by atoms with Crippen LogP contribution in [-0.2, 0) is 11.4 Å². The van der Waals surface area contributed by atoms with Crippen LogP contribution in [0.3, 0.4) is 0 Å². The van der Waals surface area contributed by atoms with Crippen LogP contribution in [-0.4, -0.2) is 53.2 Å². The molecule has 30 heavy (non-hydrogen) atoms. The Balaban J connectivity index is 2.01. The molecule has 9 heteroatoms. The summed E-state index contributed by atoms with van der Waals surface area (Å²) in [6.07, 6.45) is -1.08. The lowest BCUT2D eigenvalue weighted by molar-refractivity contribution is -0.0760. The predicted molar refractivity (Wildman–Crippen MR) is 110 cm³/mol. The number of nitrogens with zero attached hydrogens (tertiary/aromatic N) is 3. The summed E-state index contributed by atoms with van der Waals surface area (Å²) in [7, 11) is 4.51. The van der Waals surface area contributed by atoms with Crippen LogP contribution in [0.1, 0.15) is 16.1 Å². The molecule has 0 aliphatic heterocycles. The lowest BCUT2D eigenvalue weighted by Gasteiger charge is -2.11. The average Bonchev–Trinajstić information content (AvgIpc) is 3.22. The summed E-state index contributed by atoms with van der Waals surface area (Å²) in [5, 5.41) is 16.7. The Bertz CT molecular complexity index is 1030. The Hall–Kier alpha value is -3.85. The number of benzene rings is 2. The molecule has 0 spiro atoms. The van der Waals surface area contributed by atoms with E-state index in [1.165, 1.54) is 14.2 Å². The second-order valence-corrected chi connectivity index (χ2v) is 6.37. The molecule has 1 heterocycles. The Morgan fingerprint density at radius 1 is 1.10 bits per heavy atom. The molecule has 3 rings (SSSR count). The number of hydrogen-bond acceptors (Lipinski definition) is 5. The third kappa shape index (κ3) is 4.58. The molecule has 0 radical (unpaired) electrons. The molecular weight excluding hydrogens is 388 g/mol. The quantitative estimate of drug-likeness (QED) is 0.580. The molecule has 2 N–H and O–H groups in total. The molecule has 0 atom stereocenters. The molecular formula is C21H22N4O5. The van der Waals surface area contributed by atoms with Crippen LogP contribution in [0.25, 0.3) is 16.9 Å². The van der Waals surface area contributed by atoms with Gasteiger partial charge in [-0.05, 0) is 35.9 Å². The first kappa shape index (κ1) is 20.9. The molecule has 2 amide bonds. The van der Waals surface area contributed by atoms with E-state index >= 15 is 0 Å². The van der Waals surface area contributed by atoms with E-state index in [0.29, 0.717) is 11.4 Å². The van der Waals surface area contributed by atoms with Crippen LogP contribution < -0.4 is 10.1 Å². The van der Waals surface area contributed by atoms with E-state index in [4.69, 9.17) is 14.7 Å². The monoisotopic (exact) mass is 410 g/mol. The molecule has 0 saturated carbocycles. The number of hydroxylamine groups is 2. The van der Waals surface area contributed by atoms with Gasteiger partial charge in [-0.2, -0.15) is 5.10 Å². The third-order valence-corrected chi connectivity index (χ3v) is 4.50. The van der Waals surface area contributed by atoms with Crippen molar-refractivity contribution in [2.24, 2.45) is 0 Å². The largest absolute Gasteiger partial charge is 0.497 e. The van der Waals surface area contributed by atoms with Gasteiger partial charge in [-0.3, -0.25) is 9.63 Å². The van der Waals surface area contributed by atoms with Crippen LogP contribution in [0, 0.1) is 0 Å². The van der Waals surface area contributed by atoms with Crippen molar-refractivity contribution in [3.05, 3.63) is 65.9 Å². The second-order valence-electron chi connectivity index (χ2n) is 6.37. The Morgan fingerprint density at radius 2 is 1.77 bits per heavy atom. The minimum absolute atomic E-state index is 0.204. The van der Waals surface area contributed by atoms with Crippen molar-refractivity contribution in [2.75, 3.05) is 21.3 Å². The minimum Gasteiger partial charge on any atom is -0.497 e. The number of methoxy groups -OCH3 is 1. The van der Waals surface area contributed by atoms with Gasteiger partial charge in [-0.15, -0.1) is 0 Å². The molecule has 3 aromatic rings. The molecule has 0 unspecified atom stereocenters. The van der Waals surface area contributed by atoms with E-state index in [2.05, 4.69) is 10.4 Å². The fourth-order valence-electron chi connectivity index (χ4n) is 2.83. The van der Waals surface area contributed by atoms with Crippen LogP contribution in [0.5, 0.6) is 5.75 Å². The number of nitrogens with one attached hydrogen (secondary N) is 1. The highest BCUT2D eigenvalue weighted by Gasteiger charge is 2.20. The van der Waals surface area contributed by atoms with Crippen LogP contribution in [0.4, 0.5) is 4.79 Å². The first-order valence-electron chi connectivity index (χ1n) is 9.05. The van der Waals surface area contributed by atoms with Crippen molar-refractivity contribution < 1.29 is 24.3 Å². The smallest absolute Gasteiger partial charge is 0.404 e. The summed E-state index contributed by atoms with van der Waals surface area (Å²) in [5.74, 6) is 0.325. The Labute approximate surface area is 173 Å². The Morgan fingerprint density at radius 3 is 2.33 bits per heavy atom. The van der Waals surface area contributed by atoms with Crippen LogP contribution in [0.15, 0.2) is 54.6 Å². The van der Waals surface area contributed by atoms with Gasteiger partial charge in [-0.25, -0.2) is 14.5 Å². The normalized spacial score (nSPS) is 10.5. The molecule has 0 fully saturated rings. The van der Waals surface area contributed by atoms with E-state index in [0.717, 1.165) is 21.9 Å². The fraction of sp³-hybridized carbons (Fsp3) is 0.190. The van der Waals surface area contributed by atoms with Gasteiger partial charge in [0.1, 0.15) is 5.75 Å². The van der Waals surface area contributed by atoms with E-state index in [1.807, 2.05) is 48.5 Å². The van der Waals surface area contributed by atoms with Crippen molar-refractivity contribution in [1.82, 2.24) is 20.2 Å². The molecule has 156 valence electrons. The maximum Gasteiger partial charge on any atom is 0.404 e. The van der Waals surface area contributed by atoms with Gasteiger partial charge >= 0.3 is 6.09 Å².